The first-order chi connectivity index (χ1) is 12.5. The van der Waals surface area contributed by atoms with Crippen LogP contribution >= 0.6 is 11.6 Å². The molecule has 0 atom stereocenters. The molecule has 7 heteroatoms. The Labute approximate surface area is 156 Å². The third-order valence-electron chi connectivity index (χ3n) is 3.49. The average molecular weight is 370 g/mol. The zero-order chi connectivity index (χ0) is 19.1. The lowest BCUT2D eigenvalue weighted by atomic mass is 10.1. The number of carbonyl (C=O) groups is 2. The van der Waals surface area contributed by atoms with Crippen LogP contribution in [0, 0.1) is 11.3 Å². The summed E-state index contributed by atoms with van der Waals surface area (Å²) < 4.78 is 5.05. The van der Waals surface area contributed by atoms with Gasteiger partial charge in [-0.25, -0.2) is 0 Å². The molecule has 0 saturated carbocycles. The van der Waals surface area contributed by atoms with E-state index in [4.69, 9.17) is 16.3 Å². The highest BCUT2D eigenvalue weighted by molar-refractivity contribution is 6.32. The smallest absolute Gasteiger partial charge is 0.266 e. The van der Waals surface area contributed by atoms with Gasteiger partial charge in [0, 0.05) is 18.3 Å². The summed E-state index contributed by atoms with van der Waals surface area (Å²) in [5.74, 6) is -0.295. The van der Waals surface area contributed by atoms with Crippen LogP contribution < -0.4 is 15.4 Å². The summed E-state index contributed by atoms with van der Waals surface area (Å²) >= 11 is 6.02. The summed E-state index contributed by atoms with van der Waals surface area (Å²) in [6.07, 6.45) is 1.44. The molecule has 0 radical (unpaired) electrons. The number of hydrogen-bond donors (Lipinski definition) is 2. The fourth-order valence-electron chi connectivity index (χ4n) is 2.13. The van der Waals surface area contributed by atoms with Gasteiger partial charge < -0.3 is 15.4 Å². The predicted octanol–water partition coefficient (Wildman–Crippen LogP) is 3.25. The van der Waals surface area contributed by atoms with E-state index >= 15 is 0 Å². The highest BCUT2D eigenvalue weighted by Crippen LogP contribution is 2.27. The number of nitriles is 1. The fourth-order valence-corrected chi connectivity index (χ4v) is 2.39. The van der Waals surface area contributed by atoms with Gasteiger partial charge in [0.25, 0.3) is 11.8 Å². The normalized spacial score (nSPS) is 10.6. The third-order valence-corrected chi connectivity index (χ3v) is 3.78. The second-order valence-corrected chi connectivity index (χ2v) is 5.58. The molecule has 0 saturated heterocycles. The lowest BCUT2D eigenvalue weighted by molar-refractivity contribution is -0.112. The summed E-state index contributed by atoms with van der Waals surface area (Å²) in [4.78, 5) is 23.8. The minimum Gasteiger partial charge on any atom is -0.495 e. The van der Waals surface area contributed by atoms with Crippen LogP contribution in [0.25, 0.3) is 6.08 Å². The Morgan fingerprint density at radius 1 is 1.19 bits per heavy atom. The van der Waals surface area contributed by atoms with E-state index in [1.54, 1.807) is 43.4 Å². The Morgan fingerprint density at radius 3 is 2.42 bits per heavy atom. The summed E-state index contributed by atoms with van der Waals surface area (Å²) in [5.41, 5.74) is 1.47. The van der Waals surface area contributed by atoms with Crippen LogP contribution in [-0.2, 0) is 4.79 Å². The number of nitrogens with zero attached hydrogens (tertiary/aromatic N) is 1. The van der Waals surface area contributed by atoms with Crippen LogP contribution in [0.4, 0.5) is 5.69 Å². The molecule has 26 heavy (non-hydrogen) atoms. The highest BCUT2D eigenvalue weighted by Gasteiger charge is 2.11. The molecule has 0 aliphatic carbocycles. The number of anilines is 1. The van der Waals surface area contributed by atoms with Crippen LogP contribution in [0.5, 0.6) is 5.75 Å². The Hall–Kier alpha value is -3.30. The molecule has 0 unspecified atom stereocenters. The maximum Gasteiger partial charge on any atom is 0.266 e. The minimum atomic E-state index is -0.566. The molecule has 2 aromatic rings. The summed E-state index contributed by atoms with van der Waals surface area (Å²) in [6, 6.07) is 13.2. The van der Waals surface area contributed by atoms with Gasteiger partial charge in [-0.05, 0) is 42.0 Å². The van der Waals surface area contributed by atoms with E-state index in [9.17, 15) is 14.9 Å². The van der Waals surface area contributed by atoms with Crippen molar-refractivity contribution in [1.29, 1.82) is 5.26 Å². The van der Waals surface area contributed by atoms with Gasteiger partial charge >= 0.3 is 0 Å². The largest absolute Gasteiger partial charge is 0.495 e. The van der Waals surface area contributed by atoms with Gasteiger partial charge in [-0.3, -0.25) is 9.59 Å². The van der Waals surface area contributed by atoms with Gasteiger partial charge in [-0.1, -0.05) is 23.7 Å². The van der Waals surface area contributed by atoms with Gasteiger partial charge in [0.2, 0.25) is 0 Å². The number of rotatable bonds is 5. The van der Waals surface area contributed by atoms with Gasteiger partial charge in [-0.2, -0.15) is 5.26 Å². The summed E-state index contributed by atoms with van der Waals surface area (Å²) in [5, 5.41) is 14.7. The molecular weight excluding hydrogens is 354 g/mol. The second-order valence-electron chi connectivity index (χ2n) is 5.17. The zero-order valence-electron chi connectivity index (χ0n) is 14.2. The third kappa shape index (κ3) is 4.62. The van der Waals surface area contributed by atoms with E-state index in [-0.39, 0.29) is 11.5 Å². The molecule has 0 aromatic heterocycles. The number of ether oxygens (including phenoxy) is 1. The van der Waals surface area contributed by atoms with E-state index in [1.165, 1.54) is 19.3 Å². The summed E-state index contributed by atoms with van der Waals surface area (Å²) in [7, 11) is 3.03. The molecule has 2 N–H and O–H groups in total. The lowest BCUT2D eigenvalue weighted by Crippen LogP contribution is -2.17. The Balaban J connectivity index is 2.18. The molecule has 132 valence electrons. The maximum absolute atomic E-state index is 12.3. The molecule has 0 spiro atoms. The lowest BCUT2D eigenvalue weighted by Gasteiger charge is -2.07. The first-order valence-electron chi connectivity index (χ1n) is 7.57. The van der Waals surface area contributed by atoms with Crippen LogP contribution in [0.1, 0.15) is 15.9 Å². The molecule has 0 bridgehead atoms. The zero-order valence-corrected chi connectivity index (χ0v) is 14.9. The van der Waals surface area contributed by atoms with Crippen molar-refractivity contribution in [2.24, 2.45) is 0 Å². The Morgan fingerprint density at radius 2 is 1.88 bits per heavy atom. The van der Waals surface area contributed by atoms with Crippen molar-refractivity contribution in [3.05, 3.63) is 64.2 Å². The average Bonchev–Trinajstić information content (AvgIpc) is 2.66. The number of amides is 2. The molecule has 6 nitrogen and oxygen atoms in total. The van der Waals surface area contributed by atoms with Crippen molar-refractivity contribution in [3.8, 4) is 11.8 Å². The predicted molar refractivity (Wildman–Crippen MR) is 100 cm³/mol. The standard InChI is InChI=1S/C19H16ClN3O3/c1-22-18(24)13-5-3-12(4-6-13)9-14(11-21)19(25)23-15-7-8-17(26-2)16(20)10-15/h3-10H,1-2H3,(H,22,24)(H,23,25). The highest BCUT2D eigenvalue weighted by atomic mass is 35.5. The number of carbonyl (C=O) groups excluding carboxylic acids is 2. The molecule has 0 fully saturated rings. The van der Waals surface area contributed by atoms with E-state index in [0.29, 0.717) is 27.6 Å². The molecule has 0 heterocycles. The quantitative estimate of drug-likeness (QED) is 0.625. The van der Waals surface area contributed by atoms with Crippen molar-refractivity contribution in [2.75, 3.05) is 19.5 Å². The molecule has 2 rings (SSSR count). The second kappa shape index (κ2) is 8.70. The van der Waals surface area contributed by atoms with Gasteiger partial charge in [0.15, 0.2) is 0 Å². The molecule has 0 aliphatic heterocycles. The number of hydrogen-bond acceptors (Lipinski definition) is 4. The van der Waals surface area contributed by atoms with E-state index < -0.39 is 5.91 Å². The van der Waals surface area contributed by atoms with Crippen LogP contribution in [0.2, 0.25) is 5.02 Å². The Kier molecular flexibility index (Phi) is 6.36. The summed E-state index contributed by atoms with van der Waals surface area (Å²) in [6.45, 7) is 0. The molecule has 0 aliphatic rings. The van der Waals surface area contributed by atoms with Crippen molar-refractivity contribution >= 4 is 35.2 Å². The SMILES string of the molecule is CNC(=O)c1ccc(C=C(C#N)C(=O)Nc2ccc(OC)c(Cl)c2)cc1. The van der Waals surface area contributed by atoms with Crippen LogP contribution in [0.3, 0.4) is 0 Å². The van der Waals surface area contributed by atoms with E-state index in [1.807, 2.05) is 6.07 Å². The van der Waals surface area contributed by atoms with Gasteiger partial charge in [0.1, 0.15) is 17.4 Å². The van der Waals surface area contributed by atoms with Crippen molar-refractivity contribution < 1.29 is 14.3 Å². The van der Waals surface area contributed by atoms with Crippen molar-refractivity contribution in [1.82, 2.24) is 5.32 Å². The van der Waals surface area contributed by atoms with Crippen molar-refractivity contribution in [3.63, 3.8) is 0 Å². The fraction of sp³-hybridized carbons (Fsp3) is 0.105. The molecule has 2 aromatic carbocycles. The Bertz CT molecular complexity index is 899. The van der Waals surface area contributed by atoms with Crippen LogP contribution in [-0.4, -0.2) is 26.0 Å². The number of benzene rings is 2. The van der Waals surface area contributed by atoms with Gasteiger partial charge in [0.05, 0.1) is 12.1 Å². The first kappa shape index (κ1) is 19.0. The van der Waals surface area contributed by atoms with E-state index in [2.05, 4.69) is 10.6 Å². The first-order valence-corrected chi connectivity index (χ1v) is 7.95. The minimum absolute atomic E-state index is 0.0790. The van der Waals surface area contributed by atoms with E-state index in [0.717, 1.165) is 0 Å². The monoisotopic (exact) mass is 369 g/mol. The number of methoxy groups -OCH3 is 1. The topological polar surface area (TPSA) is 91.2 Å². The van der Waals surface area contributed by atoms with Gasteiger partial charge in [-0.15, -0.1) is 0 Å². The van der Waals surface area contributed by atoms with Crippen LogP contribution in [0.15, 0.2) is 48.0 Å². The molecular formula is C19H16ClN3O3. The number of nitrogens with one attached hydrogen (secondary N) is 2. The number of halogens is 1. The molecule has 2 amide bonds. The van der Waals surface area contributed by atoms with Crippen molar-refractivity contribution in [2.45, 2.75) is 0 Å². The maximum atomic E-state index is 12.3.